The summed E-state index contributed by atoms with van der Waals surface area (Å²) in [4.78, 5) is 11.9. The summed E-state index contributed by atoms with van der Waals surface area (Å²) in [5.74, 6) is 1.62. The van der Waals surface area contributed by atoms with Crippen LogP contribution < -0.4 is 0 Å². The minimum atomic E-state index is -0.715. The molecule has 1 N–H and O–H groups in total. The van der Waals surface area contributed by atoms with Gasteiger partial charge in [-0.25, -0.2) is 0 Å². The van der Waals surface area contributed by atoms with Gasteiger partial charge >= 0.3 is 0 Å². The second-order valence-corrected chi connectivity index (χ2v) is 8.27. The Bertz CT molecular complexity index is 516. The minimum Gasteiger partial charge on any atom is -0.389 e. The van der Waals surface area contributed by atoms with Gasteiger partial charge in [-0.1, -0.05) is 30.7 Å². The van der Waals surface area contributed by atoms with Crippen LogP contribution in [0, 0.1) is 29.1 Å². The number of aliphatic hydroxyl groups is 1. The molecule has 3 aliphatic rings. The van der Waals surface area contributed by atoms with Gasteiger partial charge in [-0.3, -0.25) is 0 Å². The van der Waals surface area contributed by atoms with E-state index >= 15 is 0 Å². The first kappa shape index (κ1) is 16.0. The molecule has 22 heavy (non-hydrogen) atoms. The van der Waals surface area contributed by atoms with Crippen LogP contribution in [0.4, 0.5) is 0 Å². The lowest BCUT2D eigenvalue weighted by atomic mass is 9.44. The predicted octanol–water partition coefficient (Wildman–Crippen LogP) is 4.29. The molecule has 0 amide bonds. The lowest BCUT2D eigenvalue weighted by molar-refractivity contribution is -0.233. The molecule has 0 spiro atoms. The van der Waals surface area contributed by atoms with Gasteiger partial charge < -0.3 is 9.90 Å². The Labute approximate surface area is 134 Å². The third-order valence-corrected chi connectivity index (χ3v) is 6.99. The first-order chi connectivity index (χ1) is 10.4. The molecule has 0 saturated heterocycles. The number of carbonyl (C=O) groups excluding carboxylic acids is 1. The van der Waals surface area contributed by atoms with Gasteiger partial charge in [0.15, 0.2) is 0 Å². The second-order valence-electron chi connectivity index (χ2n) is 8.27. The first-order valence-corrected chi connectivity index (χ1v) is 8.87. The zero-order valence-electron chi connectivity index (χ0n) is 14.3. The fourth-order valence-corrected chi connectivity index (χ4v) is 5.97. The third-order valence-electron chi connectivity index (χ3n) is 6.99. The molecule has 3 aliphatic carbocycles. The highest BCUT2D eigenvalue weighted by Crippen LogP contribution is 2.74. The molecule has 3 rings (SSSR count). The van der Waals surface area contributed by atoms with Crippen LogP contribution in [0.15, 0.2) is 23.8 Å². The van der Waals surface area contributed by atoms with Crippen molar-refractivity contribution in [2.75, 3.05) is 0 Å². The van der Waals surface area contributed by atoms with Gasteiger partial charge in [0, 0.05) is 0 Å². The molecular formula is C20H30O2. The van der Waals surface area contributed by atoms with Crippen molar-refractivity contribution in [3.8, 4) is 0 Å². The van der Waals surface area contributed by atoms with Gasteiger partial charge in [-0.05, 0) is 76.0 Å². The van der Waals surface area contributed by atoms with Gasteiger partial charge in [-0.15, -0.1) is 0 Å². The average molecular weight is 302 g/mol. The second kappa shape index (κ2) is 5.33. The fraction of sp³-hybridized carbons (Fsp3) is 0.750. The molecule has 0 aromatic carbocycles. The van der Waals surface area contributed by atoms with E-state index in [1.165, 1.54) is 11.1 Å². The Kier molecular flexibility index (Phi) is 3.87. The number of hydrogen-bond acceptors (Lipinski definition) is 2. The Hall–Kier alpha value is -0.890. The van der Waals surface area contributed by atoms with E-state index in [0.717, 1.165) is 44.8 Å². The molecule has 3 fully saturated rings. The number of allylic oxidation sites excluding steroid dienone is 3. The summed E-state index contributed by atoms with van der Waals surface area (Å²) in [5.41, 5.74) is 1.47. The molecule has 0 aliphatic heterocycles. The maximum atomic E-state index is 11.9. The molecule has 0 aromatic heterocycles. The van der Waals surface area contributed by atoms with Crippen LogP contribution in [0.1, 0.15) is 59.3 Å². The number of rotatable bonds is 5. The Balaban J connectivity index is 1.78. The zero-order valence-corrected chi connectivity index (χ0v) is 14.3. The van der Waals surface area contributed by atoms with Crippen LogP contribution >= 0.6 is 0 Å². The highest BCUT2D eigenvalue weighted by Gasteiger charge is 2.77. The summed E-state index contributed by atoms with van der Waals surface area (Å²) in [6.07, 6.45) is 9.19. The van der Waals surface area contributed by atoms with Crippen LogP contribution in [0.3, 0.4) is 0 Å². The van der Waals surface area contributed by atoms with Crippen molar-refractivity contribution >= 4 is 6.29 Å². The number of aldehydes is 1. The Morgan fingerprint density at radius 3 is 2.64 bits per heavy atom. The van der Waals surface area contributed by atoms with Crippen LogP contribution in [-0.4, -0.2) is 17.0 Å². The van der Waals surface area contributed by atoms with E-state index in [-0.39, 0.29) is 0 Å². The maximum Gasteiger partial charge on any atom is 0.129 e. The summed E-state index contributed by atoms with van der Waals surface area (Å²) < 4.78 is 0. The van der Waals surface area contributed by atoms with E-state index in [4.69, 9.17) is 0 Å². The SMILES string of the molecule is C=C(CCC=C(C)C)[C@@H]1CC[C@@]2(C=O)[C@@H]1[C@H]1[C@H](C)CC[C@]12O. The molecule has 3 saturated carbocycles. The molecule has 0 unspecified atom stereocenters. The molecule has 0 heterocycles. The molecule has 6 atom stereocenters. The molecule has 0 bridgehead atoms. The zero-order chi connectivity index (χ0) is 16.1. The van der Waals surface area contributed by atoms with Gasteiger partial charge in [0.1, 0.15) is 6.29 Å². The van der Waals surface area contributed by atoms with Crippen molar-refractivity contribution in [2.24, 2.45) is 29.1 Å². The Morgan fingerprint density at radius 2 is 2.00 bits per heavy atom. The fourth-order valence-electron chi connectivity index (χ4n) is 5.97. The molecule has 2 nitrogen and oxygen atoms in total. The smallest absolute Gasteiger partial charge is 0.129 e. The van der Waals surface area contributed by atoms with E-state index in [2.05, 4.69) is 33.4 Å². The van der Waals surface area contributed by atoms with Crippen LogP contribution in [0.5, 0.6) is 0 Å². The van der Waals surface area contributed by atoms with Crippen molar-refractivity contribution in [1.29, 1.82) is 0 Å². The van der Waals surface area contributed by atoms with Crippen molar-refractivity contribution in [1.82, 2.24) is 0 Å². The van der Waals surface area contributed by atoms with Crippen molar-refractivity contribution < 1.29 is 9.90 Å². The molecular weight excluding hydrogens is 272 g/mol. The maximum absolute atomic E-state index is 11.9. The van der Waals surface area contributed by atoms with Crippen molar-refractivity contribution in [2.45, 2.75) is 64.9 Å². The normalized spacial score (nSPS) is 45.6. The average Bonchev–Trinajstić information content (AvgIpc) is 2.93. The molecule has 122 valence electrons. The highest BCUT2D eigenvalue weighted by atomic mass is 16.3. The van der Waals surface area contributed by atoms with Gasteiger partial charge in [0.2, 0.25) is 0 Å². The third kappa shape index (κ3) is 1.92. The largest absolute Gasteiger partial charge is 0.389 e. The van der Waals surface area contributed by atoms with E-state index in [1.807, 2.05) is 0 Å². The van der Waals surface area contributed by atoms with E-state index in [0.29, 0.717) is 23.7 Å². The van der Waals surface area contributed by atoms with E-state index in [1.54, 1.807) is 0 Å². The first-order valence-electron chi connectivity index (χ1n) is 8.87. The minimum absolute atomic E-state index is 0.311. The summed E-state index contributed by atoms with van der Waals surface area (Å²) in [6.45, 7) is 10.9. The molecule has 0 radical (unpaired) electrons. The van der Waals surface area contributed by atoms with Crippen LogP contribution in [0.2, 0.25) is 0 Å². The Morgan fingerprint density at radius 1 is 1.27 bits per heavy atom. The van der Waals surface area contributed by atoms with Gasteiger partial charge in [0.25, 0.3) is 0 Å². The number of carbonyl (C=O) groups is 1. The quantitative estimate of drug-likeness (QED) is 0.607. The topological polar surface area (TPSA) is 37.3 Å². The van der Waals surface area contributed by atoms with E-state index in [9.17, 15) is 9.90 Å². The number of hydrogen-bond donors (Lipinski definition) is 1. The van der Waals surface area contributed by atoms with Crippen LogP contribution in [0.25, 0.3) is 0 Å². The van der Waals surface area contributed by atoms with Gasteiger partial charge in [0.05, 0.1) is 11.0 Å². The van der Waals surface area contributed by atoms with Crippen molar-refractivity contribution in [3.63, 3.8) is 0 Å². The number of fused-ring (bicyclic) bond motifs is 4. The monoisotopic (exact) mass is 302 g/mol. The standard InChI is InChI=1S/C20H30O2/c1-13(2)6-5-7-14(3)16-9-10-19(12-21)18(16)17-15(4)8-11-20(17,19)22/h6,12,15-18,22H,3,5,7-11H2,1-2,4H3/t15-,16+,17-,18+,19-,20+/m1/s1. The summed E-state index contributed by atoms with van der Waals surface area (Å²) >= 11 is 0. The predicted molar refractivity (Wildman–Crippen MR) is 89.4 cm³/mol. The summed E-state index contributed by atoms with van der Waals surface area (Å²) in [6, 6.07) is 0. The van der Waals surface area contributed by atoms with Crippen LogP contribution in [-0.2, 0) is 4.79 Å². The van der Waals surface area contributed by atoms with E-state index < -0.39 is 11.0 Å². The highest BCUT2D eigenvalue weighted by molar-refractivity contribution is 5.68. The van der Waals surface area contributed by atoms with Gasteiger partial charge in [-0.2, -0.15) is 0 Å². The summed E-state index contributed by atoms with van der Waals surface area (Å²) in [5, 5.41) is 11.1. The lowest BCUT2D eigenvalue weighted by Crippen LogP contribution is -2.69. The van der Waals surface area contributed by atoms with Crippen molar-refractivity contribution in [3.05, 3.63) is 23.8 Å². The molecule has 2 heteroatoms. The summed E-state index contributed by atoms with van der Waals surface area (Å²) in [7, 11) is 0. The lowest BCUT2D eigenvalue weighted by Gasteiger charge is -2.62. The molecule has 0 aromatic rings.